The van der Waals surface area contributed by atoms with Crippen molar-refractivity contribution in [3.05, 3.63) is 57.8 Å². The van der Waals surface area contributed by atoms with E-state index < -0.39 is 0 Å². The van der Waals surface area contributed by atoms with Gasteiger partial charge in [0.2, 0.25) is 0 Å². The smallest absolute Gasteiger partial charge is 0.181 e. The van der Waals surface area contributed by atoms with Gasteiger partial charge in [0, 0.05) is 12.0 Å². The van der Waals surface area contributed by atoms with E-state index in [9.17, 15) is 4.39 Å². The Morgan fingerprint density at radius 3 is 2.50 bits per heavy atom. The van der Waals surface area contributed by atoms with Crippen molar-refractivity contribution in [2.75, 3.05) is 0 Å². The van der Waals surface area contributed by atoms with Gasteiger partial charge in [0.15, 0.2) is 16.6 Å². The molecule has 0 fully saturated rings. The fourth-order valence-corrected chi connectivity index (χ4v) is 2.25. The van der Waals surface area contributed by atoms with Gasteiger partial charge in [0.1, 0.15) is 5.82 Å². The first-order valence-electron chi connectivity index (χ1n) is 6.17. The summed E-state index contributed by atoms with van der Waals surface area (Å²) in [7, 11) is 0. The Kier molecular flexibility index (Phi) is 3.14. The van der Waals surface area contributed by atoms with Gasteiger partial charge in [-0.1, -0.05) is 23.7 Å². The van der Waals surface area contributed by atoms with Gasteiger partial charge in [-0.25, -0.2) is 4.39 Å². The monoisotopic (exact) mass is 290 g/mol. The van der Waals surface area contributed by atoms with E-state index in [1.54, 1.807) is 16.6 Å². The molecule has 1 aromatic carbocycles. The topological polar surface area (TPSA) is 43.1 Å². The van der Waals surface area contributed by atoms with Gasteiger partial charge in [0.05, 0.1) is 0 Å². The number of nitrogens with zero attached hydrogens (tertiary/aromatic N) is 4. The Hall–Kier alpha value is -2.01. The molecule has 0 aliphatic heterocycles. The predicted octanol–water partition coefficient (Wildman–Crippen LogP) is 3.12. The van der Waals surface area contributed by atoms with Crippen LogP contribution in [0.3, 0.4) is 0 Å². The van der Waals surface area contributed by atoms with Gasteiger partial charge in [-0.2, -0.15) is 9.61 Å². The molecule has 0 unspecified atom stereocenters. The Morgan fingerprint density at radius 1 is 1.10 bits per heavy atom. The summed E-state index contributed by atoms with van der Waals surface area (Å²) >= 11 is 6.11. The van der Waals surface area contributed by atoms with Gasteiger partial charge in [-0.3, -0.25) is 0 Å². The molecule has 0 spiro atoms. The highest BCUT2D eigenvalue weighted by molar-refractivity contribution is 6.30. The van der Waals surface area contributed by atoms with Crippen molar-refractivity contribution < 1.29 is 4.39 Å². The molecule has 4 nitrogen and oxygen atoms in total. The van der Waals surface area contributed by atoms with E-state index in [-0.39, 0.29) is 5.82 Å². The van der Waals surface area contributed by atoms with Gasteiger partial charge >= 0.3 is 0 Å². The van der Waals surface area contributed by atoms with Gasteiger partial charge in [0.25, 0.3) is 0 Å². The average molecular weight is 291 g/mol. The number of fused-ring (bicyclic) bond motifs is 1. The van der Waals surface area contributed by atoms with Crippen LogP contribution in [0.4, 0.5) is 4.39 Å². The van der Waals surface area contributed by atoms with Crippen molar-refractivity contribution in [2.45, 2.75) is 20.3 Å². The van der Waals surface area contributed by atoms with Crippen LogP contribution in [0.1, 0.15) is 22.5 Å². The minimum atomic E-state index is -0.257. The van der Waals surface area contributed by atoms with Crippen LogP contribution >= 0.6 is 11.6 Å². The van der Waals surface area contributed by atoms with Crippen molar-refractivity contribution in [1.82, 2.24) is 19.8 Å². The van der Waals surface area contributed by atoms with E-state index in [0.29, 0.717) is 23.0 Å². The molecule has 2 heterocycles. The van der Waals surface area contributed by atoms with E-state index in [1.807, 2.05) is 13.8 Å². The lowest BCUT2D eigenvalue weighted by molar-refractivity contribution is 0.627. The van der Waals surface area contributed by atoms with Gasteiger partial charge in [-0.15, -0.1) is 10.2 Å². The third-order valence-electron chi connectivity index (χ3n) is 3.38. The number of aryl methyl sites for hydroxylation is 1. The first-order valence-corrected chi connectivity index (χ1v) is 6.55. The largest absolute Gasteiger partial charge is 0.207 e. The molecule has 3 aromatic rings. The van der Waals surface area contributed by atoms with E-state index >= 15 is 0 Å². The highest BCUT2D eigenvalue weighted by atomic mass is 35.5. The van der Waals surface area contributed by atoms with E-state index in [1.165, 1.54) is 12.1 Å². The third-order valence-corrected chi connectivity index (χ3v) is 3.73. The van der Waals surface area contributed by atoms with Crippen LogP contribution in [-0.2, 0) is 6.42 Å². The predicted molar refractivity (Wildman–Crippen MR) is 74.5 cm³/mol. The molecule has 6 heteroatoms. The Labute approximate surface area is 120 Å². The molecule has 0 amide bonds. The zero-order valence-corrected chi connectivity index (χ0v) is 11.8. The second-order valence-electron chi connectivity index (χ2n) is 4.70. The average Bonchev–Trinajstić information content (AvgIpc) is 2.82. The number of hydrogen-bond acceptors (Lipinski definition) is 3. The van der Waals surface area contributed by atoms with Crippen LogP contribution in [-0.4, -0.2) is 19.8 Å². The first kappa shape index (κ1) is 13.0. The maximum atomic E-state index is 12.9. The van der Waals surface area contributed by atoms with Crippen LogP contribution in [0.5, 0.6) is 0 Å². The summed E-state index contributed by atoms with van der Waals surface area (Å²) in [4.78, 5) is 0. The van der Waals surface area contributed by atoms with Crippen LogP contribution in [0, 0.1) is 19.7 Å². The quantitative estimate of drug-likeness (QED) is 0.728. The van der Waals surface area contributed by atoms with Crippen LogP contribution < -0.4 is 0 Å². The highest BCUT2D eigenvalue weighted by Crippen LogP contribution is 2.20. The second-order valence-corrected chi connectivity index (χ2v) is 5.05. The van der Waals surface area contributed by atoms with E-state index in [0.717, 1.165) is 16.7 Å². The second kappa shape index (κ2) is 4.83. The first-order chi connectivity index (χ1) is 9.56. The molecule has 3 rings (SSSR count). The fourth-order valence-electron chi connectivity index (χ4n) is 2.03. The lowest BCUT2D eigenvalue weighted by Crippen LogP contribution is -2.03. The van der Waals surface area contributed by atoms with Gasteiger partial charge in [-0.05, 0) is 37.1 Å². The van der Waals surface area contributed by atoms with Crippen LogP contribution in [0.25, 0.3) is 5.65 Å². The minimum absolute atomic E-state index is 0.257. The summed E-state index contributed by atoms with van der Waals surface area (Å²) in [6.45, 7) is 3.84. The molecule has 0 saturated heterocycles. The summed E-state index contributed by atoms with van der Waals surface area (Å²) in [6, 6.07) is 6.29. The molecular weight excluding hydrogens is 279 g/mol. The molecule has 2 aromatic heterocycles. The molecule has 0 aliphatic carbocycles. The maximum absolute atomic E-state index is 12.9. The maximum Gasteiger partial charge on any atom is 0.181 e. The molecular formula is C14H12ClFN4. The van der Waals surface area contributed by atoms with Crippen LogP contribution in [0.2, 0.25) is 5.15 Å². The molecule has 0 radical (unpaired) electrons. The Morgan fingerprint density at radius 2 is 1.80 bits per heavy atom. The normalized spacial score (nSPS) is 11.2. The summed E-state index contributed by atoms with van der Waals surface area (Å²) in [6.07, 6.45) is 0.521. The summed E-state index contributed by atoms with van der Waals surface area (Å²) in [5.74, 6) is 0.420. The Balaban J connectivity index is 2.06. The van der Waals surface area contributed by atoms with E-state index in [2.05, 4.69) is 15.3 Å². The molecule has 0 saturated carbocycles. The number of benzene rings is 1. The SMILES string of the molecule is Cc1c(Cl)nn2c(Cc3ccc(F)cc3)nnc2c1C. The summed E-state index contributed by atoms with van der Waals surface area (Å²) < 4.78 is 14.6. The Bertz CT molecular complexity index is 780. The number of halogens is 2. The molecule has 0 N–H and O–H groups in total. The van der Waals surface area contributed by atoms with Crippen molar-refractivity contribution in [2.24, 2.45) is 0 Å². The number of hydrogen-bond donors (Lipinski definition) is 0. The number of rotatable bonds is 2. The van der Waals surface area contributed by atoms with Crippen molar-refractivity contribution in [3.8, 4) is 0 Å². The summed E-state index contributed by atoms with van der Waals surface area (Å²) in [5.41, 5.74) is 3.50. The zero-order chi connectivity index (χ0) is 14.3. The zero-order valence-electron chi connectivity index (χ0n) is 11.1. The highest BCUT2D eigenvalue weighted by Gasteiger charge is 2.13. The molecule has 102 valence electrons. The number of aromatic nitrogens is 4. The molecule has 0 aliphatic rings. The standard InChI is InChI=1S/C14H12ClFN4/c1-8-9(2)14-18-17-12(20(14)19-13(8)15)7-10-3-5-11(16)6-4-10/h3-6H,7H2,1-2H3. The van der Waals surface area contributed by atoms with Crippen molar-refractivity contribution in [3.63, 3.8) is 0 Å². The van der Waals surface area contributed by atoms with E-state index in [4.69, 9.17) is 11.6 Å². The summed E-state index contributed by atoms with van der Waals surface area (Å²) in [5, 5.41) is 13.0. The molecule has 0 atom stereocenters. The lowest BCUT2D eigenvalue weighted by atomic mass is 10.1. The minimum Gasteiger partial charge on any atom is -0.207 e. The fraction of sp³-hybridized carbons (Fsp3) is 0.214. The van der Waals surface area contributed by atoms with Crippen LogP contribution in [0.15, 0.2) is 24.3 Å². The van der Waals surface area contributed by atoms with Gasteiger partial charge < -0.3 is 0 Å². The van der Waals surface area contributed by atoms with Crippen molar-refractivity contribution >= 4 is 17.2 Å². The molecule has 20 heavy (non-hydrogen) atoms. The van der Waals surface area contributed by atoms with Crippen molar-refractivity contribution in [1.29, 1.82) is 0 Å². The molecule has 0 bridgehead atoms. The lowest BCUT2D eigenvalue weighted by Gasteiger charge is -2.05. The third kappa shape index (κ3) is 2.14.